The van der Waals surface area contributed by atoms with Crippen molar-refractivity contribution in [2.45, 2.75) is 19.3 Å². The Morgan fingerprint density at radius 2 is 1.27 bits per heavy atom. The number of alkyl halides is 6. The molecule has 4 aromatic rings. The van der Waals surface area contributed by atoms with E-state index in [1.165, 1.54) is 0 Å². The van der Waals surface area contributed by atoms with Crippen LogP contribution >= 0.6 is 0 Å². The van der Waals surface area contributed by atoms with Crippen molar-refractivity contribution >= 4 is 17.9 Å². The second-order valence-electron chi connectivity index (χ2n) is 8.81. The molecule has 0 aliphatic carbocycles. The summed E-state index contributed by atoms with van der Waals surface area (Å²) in [6, 6.07) is 23.2. The van der Waals surface area contributed by atoms with Crippen molar-refractivity contribution < 1.29 is 50.5 Å². The first-order chi connectivity index (χ1) is 20.7. The van der Waals surface area contributed by atoms with Gasteiger partial charge in [-0.05, 0) is 60.5 Å². The molecule has 0 bridgehead atoms. The van der Waals surface area contributed by atoms with Gasteiger partial charge in [-0.2, -0.15) is 26.3 Å². The SMILES string of the molecule is CCNc1ccc(OC)c(OC)c1.O=C(O)c1ccc(-c2ccccc2)cc1.O=Cc1cc(C(F)(F)F)cc(C(F)(F)F)c1. The number of carboxylic acids is 1. The Balaban J connectivity index is 0.000000231. The molecule has 0 saturated carbocycles. The average molecular weight is 622 g/mol. The number of halogens is 6. The van der Waals surface area contributed by atoms with E-state index in [-0.39, 0.29) is 12.4 Å². The van der Waals surface area contributed by atoms with Gasteiger partial charge in [0, 0.05) is 23.9 Å². The fourth-order valence-corrected chi connectivity index (χ4v) is 3.63. The number of rotatable bonds is 7. The van der Waals surface area contributed by atoms with Crippen molar-refractivity contribution in [3.05, 3.63) is 113 Å². The van der Waals surface area contributed by atoms with Crippen molar-refractivity contribution in [2.24, 2.45) is 0 Å². The van der Waals surface area contributed by atoms with E-state index in [4.69, 9.17) is 14.6 Å². The monoisotopic (exact) mass is 621 g/mol. The van der Waals surface area contributed by atoms with Crippen LogP contribution in [0.5, 0.6) is 11.5 Å². The Morgan fingerprint density at radius 3 is 1.70 bits per heavy atom. The van der Waals surface area contributed by atoms with Crippen LogP contribution in [-0.4, -0.2) is 38.1 Å². The molecular formula is C32H29F6NO5. The molecule has 234 valence electrons. The van der Waals surface area contributed by atoms with Gasteiger partial charge in [0.15, 0.2) is 11.5 Å². The number of methoxy groups -OCH3 is 2. The molecule has 4 aromatic carbocycles. The minimum absolute atomic E-state index is 0.0347. The Bertz CT molecular complexity index is 1470. The van der Waals surface area contributed by atoms with Gasteiger partial charge in [-0.3, -0.25) is 4.79 Å². The molecule has 0 unspecified atom stereocenters. The summed E-state index contributed by atoms with van der Waals surface area (Å²) >= 11 is 0. The first-order valence-corrected chi connectivity index (χ1v) is 12.8. The van der Waals surface area contributed by atoms with Crippen LogP contribution in [0.4, 0.5) is 32.0 Å². The third-order valence-electron chi connectivity index (χ3n) is 5.75. The first kappa shape index (κ1) is 35.2. The van der Waals surface area contributed by atoms with Crippen molar-refractivity contribution in [3.63, 3.8) is 0 Å². The van der Waals surface area contributed by atoms with Gasteiger partial charge in [0.25, 0.3) is 0 Å². The molecule has 0 saturated heterocycles. The van der Waals surface area contributed by atoms with Gasteiger partial charge >= 0.3 is 18.3 Å². The second-order valence-corrected chi connectivity index (χ2v) is 8.81. The second kappa shape index (κ2) is 16.0. The summed E-state index contributed by atoms with van der Waals surface area (Å²) in [4.78, 5) is 20.9. The molecule has 0 fully saturated rings. The smallest absolute Gasteiger partial charge is 0.416 e. The predicted molar refractivity (Wildman–Crippen MR) is 154 cm³/mol. The number of aromatic carboxylic acids is 1. The highest BCUT2D eigenvalue weighted by Crippen LogP contribution is 2.36. The largest absolute Gasteiger partial charge is 0.493 e. The van der Waals surface area contributed by atoms with Crippen LogP contribution in [0.1, 0.15) is 38.8 Å². The maximum atomic E-state index is 12.2. The van der Waals surface area contributed by atoms with Crippen molar-refractivity contribution in [1.29, 1.82) is 0 Å². The molecule has 0 amide bonds. The standard InChI is InChI=1S/C13H10O2.C10H15NO2.C9H4F6O/c14-13(15)12-8-6-11(7-9-12)10-4-2-1-3-5-10;1-4-11-8-5-6-9(12-2)10(7-8)13-3;10-8(11,12)6-1-5(4-16)2-7(3-6)9(13,14)15/h1-9H,(H,14,15);5-7,11H,4H2,1-3H3;1-4H. The molecule has 0 spiro atoms. The molecule has 12 heteroatoms. The maximum absolute atomic E-state index is 12.2. The molecule has 0 aliphatic heterocycles. The van der Waals surface area contributed by atoms with Gasteiger partial charge in [0.05, 0.1) is 30.9 Å². The lowest BCUT2D eigenvalue weighted by Crippen LogP contribution is -2.11. The zero-order valence-corrected chi connectivity index (χ0v) is 23.8. The fraction of sp³-hybridized carbons (Fsp3) is 0.188. The van der Waals surface area contributed by atoms with Crippen molar-refractivity contribution in [2.75, 3.05) is 26.1 Å². The number of aldehydes is 1. The van der Waals surface area contributed by atoms with Gasteiger partial charge in [-0.15, -0.1) is 0 Å². The lowest BCUT2D eigenvalue weighted by atomic mass is 10.0. The zero-order chi connectivity index (χ0) is 32.9. The van der Waals surface area contributed by atoms with Gasteiger partial charge in [0.2, 0.25) is 0 Å². The normalized spacial score (nSPS) is 10.8. The number of benzene rings is 4. The summed E-state index contributed by atoms with van der Waals surface area (Å²) in [5.41, 5.74) is -0.180. The molecular weight excluding hydrogens is 592 g/mol. The highest BCUT2D eigenvalue weighted by Gasteiger charge is 2.36. The van der Waals surface area contributed by atoms with Crippen LogP contribution in [0.3, 0.4) is 0 Å². The maximum Gasteiger partial charge on any atom is 0.416 e. The van der Waals surface area contributed by atoms with Crippen LogP contribution < -0.4 is 14.8 Å². The minimum Gasteiger partial charge on any atom is -0.493 e. The summed E-state index contributed by atoms with van der Waals surface area (Å²) in [5, 5.41) is 11.9. The Hall–Kier alpha value is -5.00. The van der Waals surface area contributed by atoms with E-state index >= 15 is 0 Å². The third-order valence-corrected chi connectivity index (χ3v) is 5.75. The highest BCUT2D eigenvalue weighted by atomic mass is 19.4. The van der Waals surface area contributed by atoms with E-state index in [1.807, 2.05) is 60.7 Å². The number of hydrogen-bond donors (Lipinski definition) is 2. The van der Waals surface area contributed by atoms with Crippen LogP contribution in [0.15, 0.2) is 91.0 Å². The molecule has 44 heavy (non-hydrogen) atoms. The average Bonchev–Trinajstić information content (AvgIpc) is 3.01. The number of hydrogen-bond acceptors (Lipinski definition) is 5. The number of ether oxygens (including phenoxy) is 2. The van der Waals surface area contributed by atoms with E-state index in [0.717, 1.165) is 34.9 Å². The zero-order valence-electron chi connectivity index (χ0n) is 23.8. The van der Waals surface area contributed by atoms with Gasteiger partial charge in [0.1, 0.15) is 6.29 Å². The minimum atomic E-state index is -4.92. The quantitative estimate of drug-likeness (QED) is 0.159. The van der Waals surface area contributed by atoms with Crippen LogP contribution in [-0.2, 0) is 12.4 Å². The molecule has 0 aromatic heterocycles. The number of nitrogens with one attached hydrogen (secondary N) is 1. The predicted octanol–water partition coefficient (Wildman–Crippen LogP) is 8.72. The summed E-state index contributed by atoms with van der Waals surface area (Å²) in [6.07, 6.45) is -9.90. The third kappa shape index (κ3) is 10.7. The Kier molecular flexibility index (Phi) is 12.8. The van der Waals surface area contributed by atoms with Gasteiger partial charge in [-0.1, -0.05) is 42.5 Å². The summed E-state index contributed by atoms with van der Waals surface area (Å²) < 4.78 is 83.4. The van der Waals surface area contributed by atoms with E-state index in [9.17, 15) is 35.9 Å². The highest BCUT2D eigenvalue weighted by molar-refractivity contribution is 5.88. The first-order valence-electron chi connectivity index (χ1n) is 12.8. The van der Waals surface area contributed by atoms with Crippen molar-refractivity contribution in [3.8, 4) is 22.6 Å². The number of carbonyl (C=O) groups is 2. The Morgan fingerprint density at radius 1 is 0.750 bits per heavy atom. The molecule has 0 radical (unpaired) electrons. The molecule has 2 N–H and O–H groups in total. The lowest BCUT2D eigenvalue weighted by molar-refractivity contribution is -0.143. The molecule has 0 aliphatic rings. The molecule has 0 atom stereocenters. The number of anilines is 1. The molecule has 6 nitrogen and oxygen atoms in total. The van der Waals surface area contributed by atoms with E-state index < -0.39 is 35.0 Å². The number of carbonyl (C=O) groups excluding carboxylic acids is 1. The Labute approximate surface area is 249 Å². The molecule has 4 rings (SSSR count). The summed E-state index contributed by atoms with van der Waals surface area (Å²) in [7, 11) is 3.26. The van der Waals surface area contributed by atoms with Crippen LogP contribution in [0.2, 0.25) is 0 Å². The lowest BCUT2D eigenvalue weighted by Gasteiger charge is -2.12. The van der Waals surface area contributed by atoms with Gasteiger partial charge in [-0.25, -0.2) is 4.79 Å². The van der Waals surface area contributed by atoms with E-state index in [2.05, 4.69) is 12.2 Å². The summed E-state index contributed by atoms with van der Waals surface area (Å²) in [5.74, 6) is 0.611. The van der Waals surface area contributed by atoms with E-state index in [0.29, 0.717) is 17.7 Å². The van der Waals surface area contributed by atoms with Crippen LogP contribution in [0.25, 0.3) is 11.1 Å². The van der Waals surface area contributed by atoms with E-state index in [1.54, 1.807) is 26.4 Å². The van der Waals surface area contributed by atoms with Crippen molar-refractivity contribution in [1.82, 2.24) is 0 Å². The molecule has 0 heterocycles. The summed E-state index contributed by atoms with van der Waals surface area (Å²) in [6.45, 7) is 2.95. The fourth-order valence-electron chi connectivity index (χ4n) is 3.63. The van der Waals surface area contributed by atoms with Crippen LogP contribution in [0, 0.1) is 0 Å². The number of carboxylic acid groups (broad SMARTS) is 1. The van der Waals surface area contributed by atoms with Gasteiger partial charge < -0.3 is 19.9 Å². The topological polar surface area (TPSA) is 84.9 Å².